The minimum absolute atomic E-state index is 0.0710. The zero-order valence-corrected chi connectivity index (χ0v) is 34.5. The van der Waals surface area contributed by atoms with Crippen molar-refractivity contribution in [2.24, 2.45) is 34.8 Å². The topological polar surface area (TPSA) is 153 Å². The molecule has 2 heterocycles. The Kier molecular flexibility index (Phi) is 12.1. The zero-order valence-electron chi connectivity index (χ0n) is 33.7. The standard InChI is InChI=1S/C42H59N7O5S/c1-23-26(20-49-38(37(25(3)50)36(19-43)54-49)40(52)45-34-17-29-16-33(24(34)2)42(29,4)5)11-10-12-32(23)27-13-28(15-31(14-27)47(6)7)39(51)46-35(41(53)48(8)9)18-30-21-55-22-44-30/h10-15,21-22,24-25,29,33-38,50H,16-20,43H2,1-9H3,(H,45,52)(H,46,51)/t24-,25-,29-,33+,34-,35-,36-,37+,38-/m0/s1. The Morgan fingerprint density at radius 3 is 2.49 bits per heavy atom. The number of carbonyl (C=O) groups excluding carboxylic acids is 3. The SMILES string of the molecule is Cc1c(CN2O[C@@H](CN)[C@@H]([C@H](C)O)[C@H]2C(=O)N[C@H]2C[C@@H]3C[C@H]([C@@H]2C)C3(C)C)cccc1-c1cc(C(=O)N[C@@H](Cc2cscn2)C(=O)N(C)C)cc(N(C)C)c1. The quantitative estimate of drug-likeness (QED) is 0.200. The molecule has 3 aliphatic carbocycles. The number of likely N-dealkylation sites (N-methyl/N-ethyl adjacent to an activating group) is 1. The van der Waals surface area contributed by atoms with Crippen LogP contribution in [0.1, 0.15) is 67.7 Å². The summed E-state index contributed by atoms with van der Waals surface area (Å²) in [7, 11) is 7.19. The first-order valence-corrected chi connectivity index (χ1v) is 20.4. The summed E-state index contributed by atoms with van der Waals surface area (Å²) in [6.45, 7) is 11.1. The van der Waals surface area contributed by atoms with Gasteiger partial charge in [0.1, 0.15) is 12.1 Å². The van der Waals surface area contributed by atoms with E-state index >= 15 is 0 Å². The Labute approximate surface area is 329 Å². The van der Waals surface area contributed by atoms with Gasteiger partial charge in [0.25, 0.3) is 5.91 Å². The van der Waals surface area contributed by atoms with Crippen molar-refractivity contribution in [1.29, 1.82) is 0 Å². The van der Waals surface area contributed by atoms with Crippen LogP contribution in [0.2, 0.25) is 0 Å². The molecular formula is C42H59N7O5S. The molecule has 0 spiro atoms. The summed E-state index contributed by atoms with van der Waals surface area (Å²) in [6, 6.07) is 10.3. The summed E-state index contributed by atoms with van der Waals surface area (Å²) in [5.74, 6) is 0.304. The van der Waals surface area contributed by atoms with Crippen LogP contribution in [-0.4, -0.2) is 103 Å². The van der Waals surface area contributed by atoms with Crippen LogP contribution in [0.3, 0.4) is 0 Å². The van der Waals surface area contributed by atoms with E-state index in [0.717, 1.165) is 40.1 Å². The number of rotatable bonds is 13. The Bertz CT molecular complexity index is 1860. The number of anilines is 1. The largest absolute Gasteiger partial charge is 0.393 e. The third-order valence-corrected chi connectivity index (χ3v) is 13.5. The highest BCUT2D eigenvalue weighted by Crippen LogP contribution is 2.61. The van der Waals surface area contributed by atoms with E-state index < -0.39 is 30.2 Å². The first-order chi connectivity index (χ1) is 26.0. The van der Waals surface area contributed by atoms with Crippen molar-refractivity contribution in [3.05, 3.63) is 69.7 Å². The number of aliphatic hydroxyl groups is 1. The number of amides is 3. The minimum atomic E-state index is -0.815. The average Bonchev–Trinajstić information content (AvgIpc) is 3.80. The second-order valence-electron chi connectivity index (χ2n) is 17.0. The maximum absolute atomic E-state index is 14.3. The van der Waals surface area contributed by atoms with Crippen molar-refractivity contribution in [3.8, 4) is 11.1 Å². The van der Waals surface area contributed by atoms with Gasteiger partial charge in [-0.15, -0.1) is 11.3 Å². The molecule has 5 N–H and O–H groups in total. The van der Waals surface area contributed by atoms with Crippen molar-refractivity contribution in [3.63, 3.8) is 0 Å². The van der Waals surface area contributed by atoms with Crippen LogP contribution in [0.4, 0.5) is 5.69 Å². The third-order valence-electron chi connectivity index (χ3n) is 12.8. The molecule has 0 radical (unpaired) electrons. The van der Waals surface area contributed by atoms with Crippen LogP contribution in [0.15, 0.2) is 47.3 Å². The van der Waals surface area contributed by atoms with Gasteiger partial charge in [-0.3, -0.25) is 19.2 Å². The lowest BCUT2D eigenvalue weighted by molar-refractivity contribution is -0.175. The van der Waals surface area contributed by atoms with Gasteiger partial charge in [0.05, 0.1) is 30.0 Å². The summed E-state index contributed by atoms with van der Waals surface area (Å²) in [6.07, 6.45) is 1.12. The Morgan fingerprint density at radius 2 is 1.89 bits per heavy atom. The molecule has 9 atom stereocenters. The number of hydrogen-bond donors (Lipinski definition) is 4. The lowest BCUT2D eigenvalue weighted by Crippen LogP contribution is -2.62. The number of nitrogens with zero attached hydrogens (tertiary/aromatic N) is 4. The van der Waals surface area contributed by atoms with E-state index in [1.54, 1.807) is 31.6 Å². The number of hydroxylamine groups is 2. The van der Waals surface area contributed by atoms with Crippen LogP contribution in [0.5, 0.6) is 0 Å². The molecule has 3 saturated carbocycles. The number of aromatic nitrogens is 1. The van der Waals surface area contributed by atoms with Crippen LogP contribution in [-0.2, 0) is 27.4 Å². The molecule has 7 rings (SSSR count). The van der Waals surface area contributed by atoms with Crippen molar-refractivity contribution in [2.45, 2.75) is 90.8 Å². The fraction of sp³-hybridized carbons (Fsp3) is 0.571. The number of aliphatic hydroxyl groups excluding tert-OH is 1. The summed E-state index contributed by atoms with van der Waals surface area (Å²) < 4.78 is 0. The monoisotopic (exact) mass is 773 g/mol. The van der Waals surface area contributed by atoms with Crippen molar-refractivity contribution < 1.29 is 24.3 Å². The molecule has 1 aromatic heterocycles. The number of benzene rings is 2. The van der Waals surface area contributed by atoms with E-state index in [0.29, 0.717) is 35.3 Å². The molecule has 4 fully saturated rings. The highest BCUT2D eigenvalue weighted by molar-refractivity contribution is 7.07. The van der Waals surface area contributed by atoms with Gasteiger partial charge in [0.2, 0.25) is 11.8 Å². The van der Waals surface area contributed by atoms with E-state index in [9.17, 15) is 19.5 Å². The van der Waals surface area contributed by atoms with Crippen molar-refractivity contribution in [1.82, 2.24) is 25.6 Å². The smallest absolute Gasteiger partial charge is 0.252 e. The number of nitrogens with one attached hydrogen (secondary N) is 2. The summed E-state index contributed by atoms with van der Waals surface area (Å²) in [5.41, 5.74) is 13.8. The van der Waals surface area contributed by atoms with Crippen molar-refractivity contribution in [2.75, 3.05) is 39.6 Å². The zero-order chi connectivity index (χ0) is 39.9. The van der Waals surface area contributed by atoms with Crippen LogP contribution >= 0.6 is 11.3 Å². The number of nitrogens with two attached hydrogens (primary N) is 1. The number of fused-ring (bicyclic) bond motifs is 2. The van der Waals surface area contributed by atoms with Crippen LogP contribution in [0.25, 0.3) is 11.1 Å². The van der Waals surface area contributed by atoms with E-state index in [1.807, 2.05) is 67.7 Å². The van der Waals surface area contributed by atoms with E-state index in [1.165, 1.54) is 22.7 Å². The molecule has 0 unspecified atom stereocenters. The van der Waals surface area contributed by atoms with Gasteiger partial charge >= 0.3 is 0 Å². The van der Waals surface area contributed by atoms with Gasteiger partial charge in [-0.2, -0.15) is 5.06 Å². The second kappa shape index (κ2) is 16.3. The molecule has 2 aromatic carbocycles. The maximum Gasteiger partial charge on any atom is 0.252 e. The molecule has 12 nitrogen and oxygen atoms in total. The second-order valence-corrected chi connectivity index (χ2v) is 17.7. The van der Waals surface area contributed by atoms with Gasteiger partial charge in [0, 0.05) is 69.7 Å². The lowest BCUT2D eigenvalue weighted by atomic mass is 9.45. The summed E-state index contributed by atoms with van der Waals surface area (Å²) in [5, 5.41) is 21.0. The van der Waals surface area contributed by atoms with Gasteiger partial charge in [-0.25, -0.2) is 4.98 Å². The molecule has 3 amide bonds. The van der Waals surface area contributed by atoms with Gasteiger partial charge in [0.15, 0.2) is 0 Å². The van der Waals surface area contributed by atoms with E-state index in [-0.39, 0.29) is 36.7 Å². The molecule has 1 aliphatic heterocycles. The molecular weight excluding hydrogens is 715 g/mol. The van der Waals surface area contributed by atoms with Gasteiger partial charge in [-0.05, 0) is 90.3 Å². The highest BCUT2D eigenvalue weighted by atomic mass is 32.1. The highest BCUT2D eigenvalue weighted by Gasteiger charge is 2.57. The first kappa shape index (κ1) is 40.8. The molecule has 4 aliphatic rings. The fourth-order valence-corrected chi connectivity index (χ4v) is 9.89. The first-order valence-electron chi connectivity index (χ1n) is 19.4. The molecule has 1 saturated heterocycles. The number of carbonyl (C=O) groups is 3. The Balaban J connectivity index is 1.27. The summed E-state index contributed by atoms with van der Waals surface area (Å²) in [4.78, 5) is 55.5. The average molecular weight is 774 g/mol. The van der Waals surface area contributed by atoms with Gasteiger partial charge in [-0.1, -0.05) is 39.0 Å². The van der Waals surface area contributed by atoms with Crippen LogP contribution in [0, 0.1) is 36.0 Å². The van der Waals surface area contributed by atoms with E-state index in [2.05, 4.69) is 36.4 Å². The molecule has 3 aromatic rings. The molecule has 55 heavy (non-hydrogen) atoms. The van der Waals surface area contributed by atoms with Crippen LogP contribution < -0.4 is 21.3 Å². The molecule has 13 heteroatoms. The normalized spacial score (nSPS) is 26.8. The molecule has 298 valence electrons. The van der Waals surface area contributed by atoms with Crippen molar-refractivity contribution >= 4 is 34.7 Å². The Hall–Kier alpha value is -3.88. The van der Waals surface area contributed by atoms with E-state index in [4.69, 9.17) is 10.6 Å². The number of hydrogen-bond acceptors (Lipinski definition) is 10. The predicted octanol–water partition coefficient (Wildman–Crippen LogP) is 4.24. The fourth-order valence-electron chi connectivity index (χ4n) is 9.32. The minimum Gasteiger partial charge on any atom is -0.393 e. The predicted molar refractivity (Wildman–Crippen MR) is 216 cm³/mol. The number of thiazole rings is 1. The lowest BCUT2D eigenvalue weighted by Gasteiger charge is -2.62. The summed E-state index contributed by atoms with van der Waals surface area (Å²) >= 11 is 1.44. The van der Waals surface area contributed by atoms with Gasteiger partial charge < -0.3 is 31.3 Å². The Morgan fingerprint density at radius 1 is 1.15 bits per heavy atom. The molecule has 2 bridgehead atoms. The maximum atomic E-state index is 14.3. The third kappa shape index (κ3) is 8.18.